The first-order valence-corrected chi connectivity index (χ1v) is 22.4. The molecule has 12 aromatic rings. The van der Waals surface area contributed by atoms with E-state index in [2.05, 4.69) is 222 Å². The number of para-hydroxylation sites is 5. The van der Waals surface area contributed by atoms with Crippen LogP contribution < -0.4 is 14.5 Å². The molecule has 1 spiro atoms. The van der Waals surface area contributed by atoms with E-state index in [1.54, 1.807) is 0 Å². The van der Waals surface area contributed by atoms with Gasteiger partial charge in [0.15, 0.2) is 5.58 Å². The number of benzene rings is 10. The maximum absolute atomic E-state index is 7.09. The van der Waals surface area contributed by atoms with Crippen LogP contribution in [0.1, 0.15) is 22.3 Å². The van der Waals surface area contributed by atoms with Gasteiger partial charge in [0.25, 0.3) is 0 Å². The standard InChI is InChI=1S/C61H38N2O3/c1-3-18-39(19-4-1)62(40-20-5-2-6-21-40)52-36-35-51(59-45-25-10-15-31-54(45)66-60(52)59)63(50-29-17-33-57-58(50)44-24-9-14-30-53(44)64-57)41-34-37-56-49(38-41)61(48-28-13-16-32-55(48)65-56)46-26-11-7-22-42(46)43-23-8-12-27-47(43)61/h1-38H. The van der Waals surface area contributed by atoms with Crippen molar-refractivity contribution in [3.63, 3.8) is 0 Å². The van der Waals surface area contributed by atoms with E-state index >= 15 is 0 Å². The highest BCUT2D eigenvalue weighted by Crippen LogP contribution is 2.63. The molecule has 0 saturated heterocycles. The van der Waals surface area contributed by atoms with E-state index in [9.17, 15) is 0 Å². The summed E-state index contributed by atoms with van der Waals surface area (Å²) in [7, 11) is 0. The first-order valence-electron chi connectivity index (χ1n) is 22.4. The molecule has 14 rings (SSSR count). The lowest BCUT2D eigenvalue weighted by Gasteiger charge is -2.40. The van der Waals surface area contributed by atoms with Crippen molar-refractivity contribution in [3.05, 3.63) is 253 Å². The number of fused-ring (bicyclic) bond motifs is 15. The number of ether oxygens (including phenoxy) is 1. The molecule has 0 N–H and O–H groups in total. The topological polar surface area (TPSA) is 42.0 Å². The molecule has 5 nitrogen and oxygen atoms in total. The average molecular weight is 847 g/mol. The van der Waals surface area contributed by atoms with Crippen LogP contribution in [0.2, 0.25) is 0 Å². The van der Waals surface area contributed by atoms with Crippen molar-refractivity contribution >= 4 is 78.0 Å². The summed E-state index contributed by atoms with van der Waals surface area (Å²) >= 11 is 0. The molecular weight excluding hydrogens is 809 g/mol. The predicted octanol–water partition coefficient (Wildman–Crippen LogP) is 16.9. The van der Waals surface area contributed by atoms with Crippen LogP contribution in [-0.4, -0.2) is 0 Å². The second-order valence-corrected chi connectivity index (χ2v) is 17.1. The normalized spacial score (nSPS) is 13.1. The first kappa shape index (κ1) is 36.7. The molecule has 0 bridgehead atoms. The molecule has 1 aliphatic heterocycles. The third kappa shape index (κ3) is 5.11. The van der Waals surface area contributed by atoms with E-state index in [-0.39, 0.29) is 0 Å². The minimum atomic E-state index is -0.652. The zero-order valence-electron chi connectivity index (χ0n) is 35.6. The Morgan fingerprint density at radius 1 is 0.318 bits per heavy atom. The lowest BCUT2D eigenvalue weighted by Crippen LogP contribution is -2.32. The molecule has 1 aliphatic carbocycles. The fraction of sp³-hybridized carbons (Fsp3) is 0.0164. The van der Waals surface area contributed by atoms with Gasteiger partial charge in [-0.15, -0.1) is 0 Å². The molecule has 10 aromatic carbocycles. The molecule has 0 unspecified atom stereocenters. The van der Waals surface area contributed by atoms with Crippen LogP contribution in [0.25, 0.3) is 55.0 Å². The monoisotopic (exact) mass is 846 g/mol. The molecule has 0 saturated carbocycles. The number of rotatable bonds is 6. The summed E-state index contributed by atoms with van der Waals surface area (Å²) in [5.74, 6) is 1.69. The summed E-state index contributed by atoms with van der Waals surface area (Å²) < 4.78 is 20.7. The minimum Gasteiger partial charge on any atom is -0.457 e. The smallest absolute Gasteiger partial charge is 0.161 e. The van der Waals surface area contributed by atoms with Crippen LogP contribution in [0.3, 0.4) is 0 Å². The number of furan rings is 2. The maximum atomic E-state index is 7.09. The summed E-state index contributed by atoms with van der Waals surface area (Å²) in [6.07, 6.45) is 0. The van der Waals surface area contributed by atoms with Gasteiger partial charge in [-0.25, -0.2) is 0 Å². The van der Waals surface area contributed by atoms with Crippen molar-refractivity contribution in [3.8, 4) is 22.6 Å². The Kier molecular flexibility index (Phi) is 7.83. The van der Waals surface area contributed by atoms with Crippen LogP contribution >= 0.6 is 0 Å². The Morgan fingerprint density at radius 2 is 0.848 bits per heavy atom. The molecule has 66 heavy (non-hydrogen) atoms. The van der Waals surface area contributed by atoms with E-state index in [0.29, 0.717) is 0 Å². The van der Waals surface area contributed by atoms with Gasteiger partial charge in [0, 0.05) is 39.0 Å². The molecule has 310 valence electrons. The van der Waals surface area contributed by atoms with Crippen molar-refractivity contribution in [2.45, 2.75) is 5.41 Å². The van der Waals surface area contributed by atoms with Gasteiger partial charge < -0.3 is 23.4 Å². The van der Waals surface area contributed by atoms with Crippen LogP contribution in [0.15, 0.2) is 239 Å². The largest absolute Gasteiger partial charge is 0.457 e. The number of anilines is 6. The van der Waals surface area contributed by atoms with Gasteiger partial charge in [-0.1, -0.05) is 146 Å². The van der Waals surface area contributed by atoms with Gasteiger partial charge in [0.05, 0.1) is 33.2 Å². The van der Waals surface area contributed by atoms with Gasteiger partial charge in [-0.2, -0.15) is 0 Å². The average Bonchev–Trinajstić information content (AvgIpc) is 4.05. The molecule has 0 radical (unpaired) electrons. The van der Waals surface area contributed by atoms with Gasteiger partial charge in [0.1, 0.15) is 28.2 Å². The molecule has 2 aromatic heterocycles. The van der Waals surface area contributed by atoms with Crippen LogP contribution in [0, 0.1) is 0 Å². The third-order valence-corrected chi connectivity index (χ3v) is 13.7. The predicted molar refractivity (Wildman–Crippen MR) is 268 cm³/mol. The van der Waals surface area contributed by atoms with Gasteiger partial charge in [0.2, 0.25) is 0 Å². The van der Waals surface area contributed by atoms with Gasteiger partial charge >= 0.3 is 0 Å². The van der Waals surface area contributed by atoms with Crippen molar-refractivity contribution in [1.29, 1.82) is 0 Å². The van der Waals surface area contributed by atoms with Crippen LogP contribution in [0.4, 0.5) is 34.1 Å². The van der Waals surface area contributed by atoms with Crippen molar-refractivity contribution in [1.82, 2.24) is 0 Å². The van der Waals surface area contributed by atoms with Crippen molar-refractivity contribution in [2.24, 2.45) is 0 Å². The summed E-state index contributed by atoms with van der Waals surface area (Å²) in [6.45, 7) is 0. The van der Waals surface area contributed by atoms with E-state index in [1.807, 2.05) is 18.2 Å². The van der Waals surface area contributed by atoms with Crippen LogP contribution in [-0.2, 0) is 5.41 Å². The highest BCUT2D eigenvalue weighted by molar-refractivity contribution is 6.20. The zero-order valence-corrected chi connectivity index (χ0v) is 35.6. The zero-order chi connectivity index (χ0) is 43.3. The summed E-state index contributed by atoms with van der Waals surface area (Å²) in [6, 6.07) is 81.6. The Morgan fingerprint density at radius 3 is 1.56 bits per heavy atom. The number of hydrogen-bond donors (Lipinski definition) is 0. The minimum absolute atomic E-state index is 0.652. The third-order valence-electron chi connectivity index (χ3n) is 13.7. The Bertz CT molecular complexity index is 3800. The quantitative estimate of drug-likeness (QED) is 0.167. The SMILES string of the molecule is c1ccc(N(c2ccccc2)c2ccc(N(c3ccc4c(c3)C3(c5ccccc5O4)c4ccccc4-c4ccccc43)c3cccc4oc5ccccc5c34)c3c2oc2ccccc23)cc1. The van der Waals surface area contributed by atoms with Gasteiger partial charge in [-0.3, -0.25) is 0 Å². The summed E-state index contributed by atoms with van der Waals surface area (Å²) in [4.78, 5) is 4.70. The van der Waals surface area contributed by atoms with Crippen molar-refractivity contribution < 1.29 is 13.6 Å². The molecule has 0 amide bonds. The lowest BCUT2D eigenvalue weighted by molar-refractivity contribution is 0.436. The molecule has 2 aliphatic rings. The van der Waals surface area contributed by atoms with Gasteiger partial charge in [-0.05, 0) is 107 Å². The second-order valence-electron chi connectivity index (χ2n) is 17.1. The highest BCUT2D eigenvalue weighted by Gasteiger charge is 2.51. The Labute approximate surface area is 380 Å². The fourth-order valence-corrected chi connectivity index (χ4v) is 11.1. The van der Waals surface area contributed by atoms with E-state index in [0.717, 1.165) is 101 Å². The van der Waals surface area contributed by atoms with E-state index < -0.39 is 5.41 Å². The first-order chi connectivity index (χ1) is 32.8. The summed E-state index contributed by atoms with van der Waals surface area (Å²) in [5, 5.41) is 4.09. The van der Waals surface area contributed by atoms with E-state index in [4.69, 9.17) is 13.6 Å². The number of nitrogens with zero attached hydrogens (tertiary/aromatic N) is 2. The fourth-order valence-electron chi connectivity index (χ4n) is 11.1. The molecule has 3 heterocycles. The Hall–Kier alpha value is -8.80. The molecule has 5 heteroatoms. The molecular formula is C61H38N2O3. The molecule has 0 fully saturated rings. The Balaban J connectivity index is 1.10. The lowest BCUT2D eigenvalue weighted by atomic mass is 9.66. The maximum Gasteiger partial charge on any atom is 0.161 e. The summed E-state index contributed by atoms with van der Waals surface area (Å²) in [5.41, 5.74) is 15.6. The van der Waals surface area contributed by atoms with Crippen molar-refractivity contribution in [2.75, 3.05) is 9.80 Å². The second kappa shape index (κ2) is 14.1. The van der Waals surface area contributed by atoms with E-state index in [1.165, 1.54) is 22.3 Å². The molecule has 0 atom stereocenters. The van der Waals surface area contributed by atoms with Crippen LogP contribution in [0.5, 0.6) is 11.5 Å². The number of hydrogen-bond acceptors (Lipinski definition) is 5. The highest BCUT2D eigenvalue weighted by atomic mass is 16.5.